The second-order valence-electron chi connectivity index (χ2n) is 11.1. The highest BCUT2D eigenvalue weighted by Gasteiger charge is 2.50. The van der Waals surface area contributed by atoms with E-state index in [1.807, 2.05) is 81.4 Å². The van der Waals surface area contributed by atoms with E-state index in [1.165, 1.54) is 13.2 Å². The van der Waals surface area contributed by atoms with Crippen LogP contribution in [0.15, 0.2) is 78.1 Å². The maximum absolute atomic E-state index is 12.9. The smallest absolute Gasteiger partial charge is 0.331 e. The van der Waals surface area contributed by atoms with Crippen molar-refractivity contribution < 1.29 is 29.2 Å². The third-order valence-electron chi connectivity index (χ3n) is 8.00. The second kappa shape index (κ2) is 9.68. The van der Waals surface area contributed by atoms with E-state index < -0.39 is 23.6 Å². The highest BCUT2D eigenvalue weighted by molar-refractivity contribution is 6.01. The molecule has 0 saturated heterocycles. The number of aromatic hydroxyl groups is 1. The highest BCUT2D eigenvalue weighted by atomic mass is 16.6. The molecule has 3 unspecified atom stereocenters. The zero-order valence-corrected chi connectivity index (χ0v) is 22.8. The number of esters is 1. The molecule has 2 N–H and O–H groups in total. The van der Waals surface area contributed by atoms with Crippen LogP contribution in [-0.2, 0) is 9.53 Å². The molecule has 2 heterocycles. The van der Waals surface area contributed by atoms with Crippen molar-refractivity contribution in [3.05, 3.63) is 89.2 Å². The monoisotopic (exact) mass is 537 g/mol. The Hall–Kier alpha value is -4.36. The lowest BCUT2D eigenvalue weighted by molar-refractivity contribution is -0.159. The molecule has 0 amide bonds. The highest BCUT2D eigenvalue weighted by Crippen LogP contribution is 2.56. The van der Waals surface area contributed by atoms with Crippen LogP contribution in [0.1, 0.15) is 44.2 Å². The number of aliphatic hydroxyl groups is 1. The molecule has 1 aliphatic heterocycles. The molecule has 0 fully saturated rings. The Morgan fingerprint density at radius 3 is 2.60 bits per heavy atom. The van der Waals surface area contributed by atoms with Gasteiger partial charge in [-0.25, -0.2) is 9.78 Å². The molecule has 1 aromatic heterocycles. The van der Waals surface area contributed by atoms with E-state index >= 15 is 0 Å². The first-order valence-electron chi connectivity index (χ1n) is 13.3. The summed E-state index contributed by atoms with van der Waals surface area (Å²) in [6.45, 7) is 5.84. The number of aliphatic hydroxyl groups excluding tert-OH is 1. The summed E-state index contributed by atoms with van der Waals surface area (Å²) in [4.78, 5) is 17.8. The number of phenols is 1. The number of rotatable bonds is 4. The van der Waals surface area contributed by atoms with E-state index in [0.29, 0.717) is 40.0 Å². The van der Waals surface area contributed by atoms with Crippen LogP contribution >= 0.6 is 0 Å². The fraction of sp³-hybridized carbons (Fsp3) is 0.273. The summed E-state index contributed by atoms with van der Waals surface area (Å²) in [6, 6.07) is 19.1. The largest absolute Gasteiger partial charge is 0.504 e. The maximum atomic E-state index is 12.9. The number of hydrogen-bond donors (Lipinski definition) is 2. The van der Waals surface area contributed by atoms with Gasteiger partial charge in [-0.15, -0.1) is 0 Å². The molecule has 6 rings (SSSR count). The van der Waals surface area contributed by atoms with Gasteiger partial charge in [0.05, 0.1) is 18.1 Å². The summed E-state index contributed by atoms with van der Waals surface area (Å²) in [5, 5.41) is 24.3. The molecule has 0 spiro atoms. The minimum absolute atomic E-state index is 0.0432. The minimum atomic E-state index is -1.11. The van der Waals surface area contributed by atoms with Crippen LogP contribution in [0.4, 0.5) is 0 Å². The van der Waals surface area contributed by atoms with Crippen LogP contribution in [0, 0.1) is 5.41 Å². The maximum Gasteiger partial charge on any atom is 0.331 e. The number of para-hydroxylation sites is 1. The first-order valence-corrected chi connectivity index (χ1v) is 13.3. The van der Waals surface area contributed by atoms with E-state index in [-0.39, 0.29) is 17.4 Å². The zero-order valence-electron chi connectivity index (χ0n) is 22.8. The molecule has 40 heavy (non-hydrogen) atoms. The van der Waals surface area contributed by atoms with Crippen LogP contribution < -0.4 is 9.47 Å². The summed E-state index contributed by atoms with van der Waals surface area (Å²) in [5.41, 5.74) is 2.94. The summed E-state index contributed by atoms with van der Waals surface area (Å²) in [6.07, 6.45) is 1.58. The molecule has 204 valence electrons. The minimum Gasteiger partial charge on any atom is -0.504 e. The first-order chi connectivity index (χ1) is 19.2. The molecule has 1 aliphatic carbocycles. The number of allylic oxidation sites excluding steroid dienone is 1. The summed E-state index contributed by atoms with van der Waals surface area (Å²) in [5.74, 6) is 0.285. The number of aromatic nitrogens is 1. The topological polar surface area (TPSA) is 98.1 Å². The number of hydrogen-bond acceptors (Lipinski definition) is 7. The Morgan fingerprint density at radius 2 is 1.85 bits per heavy atom. The number of methoxy groups -OCH3 is 1. The average Bonchev–Trinajstić information content (AvgIpc) is 2.93. The van der Waals surface area contributed by atoms with Gasteiger partial charge in [-0.05, 0) is 23.8 Å². The Labute approximate surface area is 232 Å². The normalized spacial score (nSPS) is 21.7. The standard InChI is InChI=1S/C33H31NO6/c1-18-25-23(17-33(2,3)32(29(25)37)40-24(35)15-14-19-10-6-5-7-11-19)39-30-26(18)27-21(28(36)31(30)38-4)16-20-12-8-9-13-22(20)34-27/h5-16,18,29,32,36-37H,17H2,1-4H3. The molecule has 0 radical (unpaired) electrons. The second-order valence-corrected chi connectivity index (χ2v) is 11.1. The van der Waals surface area contributed by atoms with Gasteiger partial charge in [-0.2, -0.15) is 0 Å². The van der Waals surface area contributed by atoms with E-state index in [0.717, 1.165) is 16.5 Å². The quantitative estimate of drug-likeness (QED) is 0.180. The van der Waals surface area contributed by atoms with Crippen LogP contribution in [0.3, 0.4) is 0 Å². The number of ether oxygens (including phenoxy) is 3. The summed E-state index contributed by atoms with van der Waals surface area (Å²) < 4.78 is 18.0. The Balaban J connectivity index is 1.41. The summed E-state index contributed by atoms with van der Waals surface area (Å²) >= 11 is 0. The van der Waals surface area contributed by atoms with Gasteiger partial charge in [0.1, 0.15) is 18.0 Å². The van der Waals surface area contributed by atoms with Crippen molar-refractivity contribution >= 4 is 33.9 Å². The lowest BCUT2D eigenvalue weighted by atomic mass is 9.68. The average molecular weight is 538 g/mol. The van der Waals surface area contributed by atoms with Crippen LogP contribution in [0.2, 0.25) is 0 Å². The van der Waals surface area contributed by atoms with E-state index in [4.69, 9.17) is 19.2 Å². The predicted octanol–water partition coefficient (Wildman–Crippen LogP) is 6.27. The molecule has 2 aliphatic rings. The van der Waals surface area contributed by atoms with Gasteiger partial charge >= 0.3 is 5.97 Å². The van der Waals surface area contributed by atoms with E-state index in [9.17, 15) is 15.0 Å². The van der Waals surface area contributed by atoms with Crippen molar-refractivity contribution in [2.24, 2.45) is 5.41 Å². The van der Waals surface area contributed by atoms with Gasteiger partial charge in [0.2, 0.25) is 5.75 Å². The fourth-order valence-electron chi connectivity index (χ4n) is 6.01. The van der Waals surface area contributed by atoms with Crippen molar-refractivity contribution in [2.45, 2.75) is 45.3 Å². The molecule has 7 nitrogen and oxygen atoms in total. The fourth-order valence-corrected chi connectivity index (χ4v) is 6.01. The van der Waals surface area contributed by atoms with Gasteiger partial charge in [-0.3, -0.25) is 0 Å². The lowest BCUT2D eigenvalue weighted by Crippen LogP contribution is -2.49. The molecule has 7 heteroatoms. The number of carbonyl (C=O) groups excluding carboxylic acids is 1. The number of pyridine rings is 1. The van der Waals surface area contributed by atoms with Crippen molar-refractivity contribution in [2.75, 3.05) is 7.11 Å². The molecule has 0 bridgehead atoms. The third kappa shape index (κ3) is 4.18. The molecule has 4 aromatic rings. The van der Waals surface area contributed by atoms with Crippen molar-refractivity contribution in [1.29, 1.82) is 0 Å². The zero-order chi connectivity index (χ0) is 28.2. The van der Waals surface area contributed by atoms with Crippen molar-refractivity contribution in [3.63, 3.8) is 0 Å². The Morgan fingerprint density at radius 1 is 1.12 bits per heavy atom. The molecular weight excluding hydrogens is 506 g/mol. The van der Waals surface area contributed by atoms with Crippen LogP contribution in [-0.4, -0.2) is 40.5 Å². The molecular formula is C33H31NO6. The molecule has 0 saturated carbocycles. The van der Waals surface area contributed by atoms with Crippen LogP contribution in [0.25, 0.3) is 27.9 Å². The molecule has 3 atom stereocenters. The van der Waals surface area contributed by atoms with Crippen molar-refractivity contribution in [3.8, 4) is 17.2 Å². The number of phenolic OH excluding ortho intramolecular Hbond substituents is 1. The van der Waals surface area contributed by atoms with E-state index in [2.05, 4.69) is 0 Å². The predicted molar refractivity (Wildman–Crippen MR) is 153 cm³/mol. The number of benzene rings is 3. The first kappa shape index (κ1) is 25.9. The van der Waals surface area contributed by atoms with Crippen LogP contribution in [0.5, 0.6) is 17.2 Å². The van der Waals surface area contributed by atoms with Gasteiger partial charge in [-0.1, -0.05) is 69.3 Å². The van der Waals surface area contributed by atoms with Gasteiger partial charge in [0.25, 0.3) is 0 Å². The lowest BCUT2D eigenvalue weighted by Gasteiger charge is -2.45. The number of fused-ring (bicyclic) bond motifs is 4. The Kier molecular flexibility index (Phi) is 6.27. The van der Waals surface area contributed by atoms with Gasteiger partial charge in [0, 0.05) is 45.7 Å². The van der Waals surface area contributed by atoms with Crippen molar-refractivity contribution in [1.82, 2.24) is 4.98 Å². The van der Waals surface area contributed by atoms with E-state index in [1.54, 1.807) is 6.08 Å². The number of nitrogens with zero attached hydrogens (tertiary/aromatic N) is 1. The van der Waals surface area contributed by atoms with Gasteiger partial charge < -0.3 is 24.4 Å². The number of carbonyl (C=O) groups is 1. The SMILES string of the molecule is COc1c2c(c3nc4ccccc4cc3c1O)C(C)C1=C(CC(C)(C)C(OC(=O)C=Cc3ccccc3)C1O)O2. The summed E-state index contributed by atoms with van der Waals surface area (Å²) in [7, 11) is 1.49. The van der Waals surface area contributed by atoms with Gasteiger partial charge in [0.15, 0.2) is 11.5 Å². The third-order valence-corrected chi connectivity index (χ3v) is 8.00. The Bertz CT molecular complexity index is 1710. The molecule has 3 aromatic carbocycles.